The summed E-state index contributed by atoms with van der Waals surface area (Å²) in [6.45, 7) is 1.78. The summed E-state index contributed by atoms with van der Waals surface area (Å²) in [7, 11) is -0.622. The van der Waals surface area contributed by atoms with E-state index in [9.17, 15) is 13.2 Å². The van der Waals surface area contributed by atoms with Gasteiger partial charge in [0.05, 0.1) is 14.2 Å². The Morgan fingerprint density at radius 1 is 1.21 bits per heavy atom. The largest absolute Gasteiger partial charge is 0.496 e. The topological polar surface area (TPSA) is 69.7 Å². The monoisotopic (exact) mass is 286 g/mol. The molecule has 0 aromatic heterocycles. The van der Waals surface area contributed by atoms with Crippen LogP contribution < -0.4 is 9.47 Å². The predicted octanol–water partition coefficient (Wildman–Crippen LogP) is 1.80. The van der Waals surface area contributed by atoms with E-state index in [0.29, 0.717) is 11.3 Å². The number of benzene rings is 1. The van der Waals surface area contributed by atoms with Crippen LogP contribution in [0.25, 0.3) is 0 Å². The van der Waals surface area contributed by atoms with E-state index in [2.05, 4.69) is 0 Å². The van der Waals surface area contributed by atoms with Crippen molar-refractivity contribution in [2.24, 2.45) is 0 Å². The van der Waals surface area contributed by atoms with Gasteiger partial charge in [0.25, 0.3) is 0 Å². The SMILES string of the molecule is COc1ccc(OC)c(S(C)(=O)=O)c1C(C)CC=O. The van der Waals surface area contributed by atoms with Crippen LogP contribution in [-0.2, 0) is 14.6 Å². The van der Waals surface area contributed by atoms with Crippen molar-refractivity contribution in [3.05, 3.63) is 17.7 Å². The maximum atomic E-state index is 12.0. The summed E-state index contributed by atoms with van der Waals surface area (Å²) < 4.78 is 34.3. The Morgan fingerprint density at radius 3 is 2.16 bits per heavy atom. The van der Waals surface area contributed by atoms with Crippen molar-refractivity contribution < 1.29 is 22.7 Å². The van der Waals surface area contributed by atoms with Gasteiger partial charge in [0, 0.05) is 18.2 Å². The molecule has 0 heterocycles. The van der Waals surface area contributed by atoms with Gasteiger partial charge in [-0.1, -0.05) is 6.92 Å². The minimum Gasteiger partial charge on any atom is -0.496 e. The average Bonchev–Trinajstić information content (AvgIpc) is 2.36. The molecule has 1 rings (SSSR count). The molecular weight excluding hydrogens is 268 g/mol. The van der Waals surface area contributed by atoms with Crippen molar-refractivity contribution in [3.8, 4) is 11.5 Å². The summed E-state index contributed by atoms with van der Waals surface area (Å²) in [5, 5.41) is 0. The molecule has 1 atom stereocenters. The van der Waals surface area contributed by atoms with Crippen molar-refractivity contribution in [2.45, 2.75) is 24.2 Å². The predicted molar refractivity (Wildman–Crippen MR) is 71.8 cm³/mol. The van der Waals surface area contributed by atoms with E-state index in [1.165, 1.54) is 14.2 Å². The molecule has 0 fully saturated rings. The zero-order valence-electron chi connectivity index (χ0n) is 11.5. The molecule has 0 bridgehead atoms. The van der Waals surface area contributed by atoms with Gasteiger partial charge < -0.3 is 14.3 Å². The number of hydrogen-bond acceptors (Lipinski definition) is 5. The average molecular weight is 286 g/mol. The van der Waals surface area contributed by atoms with Crippen molar-refractivity contribution in [3.63, 3.8) is 0 Å². The van der Waals surface area contributed by atoms with Gasteiger partial charge in [-0.3, -0.25) is 0 Å². The Hall–Kier alpha value is -1.56. The molecule has 0 spiro atoms. The molecule has 0 saturated carbocycles. The maximum absolute atomic E-state index is 12.0. The van der Waals surface area contributed by atoms with Crippen LogP contribution in [0.5, 0.6) is 11.5 Å². The highest BCUT2D eigenvalue weighted by Gasteiger charge is 2.26. The van der Waals surface area contributed by atoms with Crippen molar-refractivity contribution >= 4 is 16.1 Å². The van der Waals surface area contributed by atoms with Crippen LogP contribution in [0.15, 0.2) is 17.0 Å². The van der Waals surface area contributed by atoms with Crippen LogP contribution in [-0.4, -0.2) is 35.2 Å². The lowest BCUT2D eigenvalue weighted by Gasteiger charge is -2.19. The number of carbonyl (C=O) groups excluding carboxylic acids is 1. The van der Waals surface area contributed by atoms with Crippen molar-refractivity contribution in [1.82, 2.24) is 0 Å². The van der Waals surface area contributed by atoms with Gasteiger partial charge in [0.1, 0.15) is 22.7 Å². The van der Waals surface area contributed by atoms with Gasteiger partial charge in [-0.2, -0.15) is 0 Å². The first-order valence-electron chi connectivity index (χ1n) is 5.75. The zero-order chi connectivity index (χ0) is 14.6. The van der Waals surface area contributed by atoms with Crippen LogP contribution in [0.1, 0.15) is 24.8 Å². The normalized spacial score (nSPS) is 12.8. The lowest BCUT2D eigenvalue weighted by molar-refractivity contribution is -0.108. The smallest absolute Gasteiger partial charge is 0.179 e. The van der Waals surface area contributed by atoms with Crippen LogP contribution in [0.4, 0.5) is 0 Å². The first kappa shape index (κ1) is 15.5. The summed E-state index contributed by atoms with van der Waals surface area (Å²) in [5.41, 5.74) is 0.483. The number of methoxy groups -OCH3 is 2. The van der Waals surface area contributed by atoms with E-state index in [0.717, 1.165) is 12.5 Å². The Kier molecular flexibility index (Phi) is 4.94. The third-order valence-corrected chi connectivity index (χ3v) is 4.04. The number of rotatable bonds is 6. The number of carbonyl (C=O) groups is 1. The Morgan fingerprint density at radius 2 is 1.74 bits per heavy atom. The second-order valence-electron chi connectivity index (χ2n) is 4.29. The summed E-state index contributed by atoms with van der Waals surface area (Å²) >= 11 is 0. The number of aldehydes is 1. The zero-order valence-corrected chi connectivity index (χ0v) is 12.3. The summed E-state index contributed by atoms with van der Waals surface area (Å²) in [5.74, 6) is 0.430. The number of ether oxygens (including phenoxy) is 2. The molecular formula is C13H18O5S. The lowest BCUT2D eigenvalue weighted by atomic mass is 9.97. The molecule has 1 aromatic rings. The van der Waals surface area contributed by atoms with Gasteiger partial charge in [0.2, 0.25) is 0 Å². The fraction of sp³-hybridized carbons (Fsp3) is 0.462. The van der Waals surface area contributed by atoms with Gasteiger partial charge in [-0.15, -0.1) is 0 Å². The van der Waals surface area contributed by atoms with Gasteiger partial charge in [-0.05, 0) is 18.1 Å². The fourth-order valence-electron chi connectivity index (χ4n) is 2.01. The van der Waals surface area contributed by atoms with Crippen LogP contribution in [0.3, 0.4) is 0 Å². The van der Waals surface area contributed by atoms with E-state index in [1.807, 2.05) is 0 Å². The second kappa shape index (κ2) is 6.06. The molecule has 1 unspecified atom stereocenters. The van der Waals surface area contributed by atoms with Crippen LogP contribution in [0.2, 0.25) is 0 Å². The lowest BCUT2D eigenvalue weighted by Crippen LogP contribution is -2.10. The van der Waals surface area contributed by atoms with E-state index in [-0.39, 0.29) is 23.0 Å². The van der Waals surface area contributed by atoms with Gasteiger partial charge in [-0.25, -0.2) is 8.42 Å². The highest BCUT2D eigenvalue weighted by molar-refractivity contribution is 7.90. The molecule has 0 saturated heterocycles. The summed E-state index contributed by atoms with van der Waals surface area (Å²) in [6.07, 6.45) is 2.09. The summed E-state index contributed by atoms with van der Waals surface area (Å²) in [4.78, 5) is 10.8. The molecule has 19 heavy (non-hydrogen) atoms. The van der Waals surface area contributed by atoms with Gasteiger partial charge >= 0.3 is 0 Å². The molecule has 106 valence electrons. The first-order valence-corrected chi connectivity index (χ1v) is 7.64. The molecule has 0 aliphatic rings. The second-order valence-corrected chi connectivity index (χ2v) is 6.24. The van der Waals surface area contributed by atoms with E-state index < -0.39 is 9.84 Å². The molecule has 0 N–H and O–H groups in total. The number of hydrogen-bond donors (Lipinski definition) is 0. The highest BCUT2D eigenvalue weighted by atomic mass is 32.2. The highest BCUT2D eigenvalue weighted by Crippen LogP contribution is 2.39. The van der Waals surface area contributed by atoms with Crippen molar-refractivity contribution in [2.75, 3.05) is 20.5 Å². The fourth-order valence-corrected chi connectivity index (χ4v) is 3.23. The van der Waals surface area contributed by atoms with E-state index in [1.54, 1.807) is 19.1 Å². The van der Waals surface area contributed by atoms with Crippen LogP contribution >= 0.6 is 0 Å². The quantitative estimate of drug-likeness (QED) is 0.746. The first-order chi connectivity index (χ1) is 8.86. The summed E-state index contributed by atoms with van der Waals surface area (Å²) in [6, 6.07) is 3.19. The third-order valence-electron chi connectivity index (χ3n) is 2.87. The Labute approximate surface area is 113 Å². The third kappa shape index (κ3) is 3.26. The Bertz CT molecular complexity index is 563. The van der Waals surface area contributed by atoms with E-state index in [4.69, 9.17) is 9.47 Å². The molecule has 0 aliphatic heterocycles. The van der Waals surface area contributed by atoms with Crippen molar-refractivity contribution in [1.29, 1.82) is 0 Å². The molecule has 0 radical (unpaired) electrons. The van der Waals surface area contributed by atoms with E-state index >= 15 is 0 Å². The molecule has 5 nitrogen and oxygen atoms in total. The maximum Gasteiger partial charge on any atom is 0.179 e. The standard InChI is InChI=1S/C13H18O5S/c1-9(7-8-14)12-10(17-2)5-6-11(18-3)13(12)19(4,15)16/h5-6,8-9H,7H2,1-4H3. The minimum atomic E-state index is -3.49. The number of sulfone groups is 1. The van der Waals surface area contributed by atoms with Gasteiger partial charge in [0.15, 0.2) is 9.84 Å². The molecule has 0 aliphatic carbocycles. The molecule has 1 aromatic carbocycles. The molecule has 0 amide bonds. The molecule has 6 heteroatoms. The minimum absolute atomic E-state index is 0.0868. The Balaban J connectivity index is 3.66. The van der Waals surface area contributed by atoms with Crippen LogP contribution in [0, 0.1) is 0 Å².